The van der Waals surface area contributed by atoms with Crippen molar-refractivity contribution in [3.8, 4) is 17.3 Å². The first kappa shape index (κ1) is 21.1. The zero-order chi connectivity index (χ0) is 22.2. The topological polar surface area (TPSA) is 131 Å². The maximum absolute atomic E-state index is 13.0. The average molecular weight is 457 g/mol. The van der Waals surface area contributed by atoms with Gasteiger partial charge in [0.15, 0.2) is 9.84 Å². The van der Waals surface area contributed by atoms with Crippen molar-refractivity contribution in [2.45, 2.75) is 37.1 Å². The van der Waals surface area contributed by atoms with Crippen LogP contribution in [0.2, 0.25) is 0 Å². The summed E-state index contributed by atoms with van der Waals surface area (Å²) in [6, 6.07) is 8.96. The molecule has 160 valence electrons. The van der Waals surface area contributed by atoms with E-state index in [1.165, 1.54) is 22.2 Å². The maximum atomic E-state index is 13.0. The van der Waals surface area contributed by atoms with Gasteiger partial charge in [0, 0.05) is 17.2 Å². The molecule has 1 N–H and O–H groups in total. The fraction of sp³-hybridized carbons (Fsp3) is 0.350. The predicted octanol–water partition coefficient (Wildman–Crippen LogP) is 2.18. The number of aromatic nitrogens is 4. The summed E-state index contributed by atoms with van der Waals surface area (Å²) in [7, 11) is -3.23. The largest absolute Gasteiger partial charge is 0.345 e. The van der Waals surface area contributed by atoms with E-state index < -0.39 is 15.4 Å². The van der Waals surface area contributed by atoms with Crippen LogP contribution in [0, 0.1) is 11.3 Å². The van der Waals surface area contributed by atoms with Gasteiger partial charge in [0.05, 0.1) is 41.0 Å². The van der Waals surface area contributed by atoms with Gasteiger partial charge in [-0.3, -0.25) is 4.79 Å². The molecule has 1 amide bonds. The van der Waals surface area contributed by atoms with Gasteiger partial charge in [-0.15, -0.1) is 16.4 Å². The number of amides is 1. The molecule has 1 fully saturated rings. The first-order valence-corrected chi connectivity index (χ1v) is 12.5. The van der Waals surface area contributed by atoms with Gasteiger partial charge in [-0.2, -0.15) is 5.26 Å². The highest BCUT2D eigenvalue weighted by Crippen LogP contribution is 2.43. The molecule has 0 aliphatic heterocycles. The fourth-order valence-corrected chi connectivity index (χ4v) is 4.75. The first-order chi connectivity index (χ1) is 14.7. The molecule has 1 aliphatic carbocycles. The lowest BCUT2D eigenvalue weighted by Gasteiger charge is -2.18. The molecule has 2 heterocycles. The van der Waals surface area contributed by atoms with Crippen molar-refractivity contribution in [3.63, 3.8) is 0 Å². The number of benzene rings is 1. The molecule has 9 nitrogen and oxygen atoms in total. The van der Waals surface area contributed by atoms with E-state index in [9.17, 15) is 13.2 Å². The van der Waals surface area contributed by atoms with E-state index >= 15 is 0 Å². The van der Waals surface area contributed by atoms with E-state index in [-0.39, 0.29) is 17.7 Å². The van der Waals surface area contributed by atoms with E-state index in [1.54, 1.807) is 12.1 Å². The quantitative estimate of drug-likeness (QED) is 0.576. The molecule has 0 spiro atoms. The Morgan fingerprint density at radius 1 is 1.35 bits per heavy atom. The second kappa shape index (κ2) is 7.86. The number of rotatable bonds is 7. The second-order valence-corrected chi connectivity index (χ2v) is 10.7. The van der Waals surface area contributed by atoms with Gasteiger partial charge < -0.3 is 5.32 Å². The summed E-state index contributed by atoms with van der Waals surface area (Å²) < 4.78 is 24.4. The molecular formula is C20H20N6O3S2. The Morgan fingerprint density at radius 3 is 2.68 bits per heavy atom. The van der Waals surface area contributed by atoms with Crippen LogP contribution < -0.4 is 5.32 Å². The Kier molecular flexibility index (Phi) is 5.36. The molecule has 4 rings (SSSR count). The molecule has 2 aromatic heterocycles. The lowest BCUT2D eigenvalue weighted by Crippen LogP contribution is -2.40. The van der Waals surface area contributed by atoms with Gasteiger partial charge in [0.1, 0.15) is 10.5 Å². The standard InChI is InChI=1S/C20H20N6O3S2/c1-13(18-23-17(11-30-18)15-5-3-14(9-21)4-6-15)22-19(27)20(7-8-20)26-10-16(24-25-26)12-31(2,28)29/h3-6,10-11,13H,7-8,12H2,1-2H3,(H,22,27). The van der Waals surface area contributed by atoms with Gasteiger partial charge in [-0.25, -0.2) is 18.1 Å². The molecule has 1 saturated carbocycles. The van der Waals surface area contributed by atoms with Crippen molar-refractivity contribution in [2.75, 3.05) is 6.26 Å². The van der Waals surface area contributed by atoms with Crippen molar-refractivity contribution in [1.82, 2.24) is 25.3 Å². The van der Waals surface area contributed by atoms with Crippen LogP contribution in [0.3, 0.4) is 0 Å². The van der Waals surface area contributed by atoms with Crippen molar-refractivity contribution < 1.29 is 13.2 Å². The average Bonchev–Trinajstić information content (AvgIpc) is 3.16. The summed E-state index contributed by atoms with van der Waals surface area (Å²) in [4.78, 5) is 17.6. The monoisotopic (exact) mass is 456 g/mol. The third kappa shape index (κ3) is 4.50. The Hall–Kier alpha value is -3.10. The van der Waals surface area contributed by atoms with Crippen LogP contribution in [0.5, 0.6) is 0 Å². The summed E-state index contributed by atoms with van der Waals surface area (Å²) in [5.41, 5.74) is 1.77. The minimum atomic E-state index is -3.23. The molecule has 11 heteroatoms. The van der Waals surface area contributed by atoms with Crippen molar-refractivity contribution in [1.29, 1.82) is 5.26 Å². The normalized spacial score (nSPS) is 15.8. The number of carbonyl (C=O) groups is 1. The molecule has 3 aromatic rings. The van der Waals surface area contributed by atoms with E-state index in [1.807, 2.05) is 24.4 Å². The minimum absolute atomic E-state index is 0.189. The van der Waals surface area contributed by atoms with Gasteiger partial charge >= 0.3 is 0 Å². The third-order valence-electron chi connectivity index (χ3n) is 5.09. The van der Waals surface area contributed by atoms with E-state index in [0.29, 0.717) is 24.1 Å². The Morgan fingerprint density at radius 2 is 2.06 bits per heavy atom. The molecule has 1 unspecified atom stereocenters. The maximum Gasteiger partial charge on any atom is 0.248 e. The fourth-order valence-electron chi connectivity index (χ4n) is 3.25. The van der Waals surface area contributed by atoms with Crippen LogP contribution in [0.25, 0.3) is 11.3 Å². The number of carbonyl (C=O) groups excluding carboxylic acids is 1. The minimum Gasteiger partial charge on any atom is -0.345 e. The molecule has 0 radical (unpaired) electrons. The molecular weight excluding hydrogens is 436 g/mol. The lowest BCUT2D eigenvalue weighted by atomic mass is 10.1. The molecule has 0 saturated heterocycles. The second-order valence-electron chi connectivity index (χ2n) is 7.71. The lowest BCUT2D eigenvalue weighted by molar-refractivity contribution is -0.126. The number of nitrogens with one attached hydrogen (secondary N) is 1. The summed E-state index contributed by atoms with van der Waals surface area (Å²) >= 11 is 1.45. The van der Waals surface area contributed by atoms with Crippen LogP contribution in [-0.2, 0) is 25.9 Å². The van der Waals surface area contributed by atoms with Crippen LogP contribution in [0.4, 0.5) is 0 Å². The van der Waals surface area contributed by atoms with Gasteiger partial charge in [-0.1, -0.05) is 17.3 Å². The zero-order valence-electron chi connectivity index (χ0n) is 16.9. The number of thiazole rings is 1. The Bertz CT molecular complexity index is 1270. The number of hydrogen-bond acceptors (Lipinski definition) is 8. The summed E-state index contributed by atoms with van der Waals surface area (Å²) in [5, 5.41) is 22.5. The smallest absolute Gasteiger partial charge is 0.248 e. The van der Waals surface area contributed by atoms with E-state index in [4.69, 9.17) is 5.26 Å². The molecule has 1 aliphatic rings. The highest BCUT2D eigenvalue weighted by molar-refractivity contribution is 7.89. The van der Waals surface area contributed by atoms with Gasteiger partial charge in [0.25, 0.3) is 0 Å². The van der Waals surface area contributed by atoms with Crippen molar-refractivity contribution >= 4 is 27.1 Å². The highest BCUT2D eigenvalue weighted by atomic mass is 32.2. The van der Waals surface area contributed by atoms with Crippen LogP contribution in [0.15, 0.2) is 35.8 Å². The Balaban J connectivity index is 1.45. The molecule has 1 atom stereocenters. The summed E-state index contributed by atoms with van der Waals surface area (Å²) in [5.74, 6) is -0.399. The molecule has 0 bridgehead atoms. The van der Waals surface area contributed by atoms with E-state index in [0.717, 1.165) is 22.5 Å². The molecule has 31 heavy (non-hydrogen) atoms. The van der Waals surface area contributed by atoms with Gasteiger partial charge in [0.2, 0.25) is 5.91 Å². The SMILES string of the molecule is CC(NC(=O)C1(n2cc(CS(C)(=O)=O)nn2)CC1)c1nc(-c2ccc(C#N)cc2)cs1. The van der Waals surface area contributed by atoms with E-state index in [2.05, 4.69) is 26.7 Å². The number of sulfone groups is 1. The van der Waals surface area contributed by atoms with Gasteiger partial charge in [-0.05, 0) is 31.9 Å². The third-order valence-corrected chi connectivity index (χ3v) is 6.93. The first-order valence-electron chi connectivity index (χ1n) is 9.56. The predicted molar refractivity (Wildman–Crippen MR) is 115 cm³/mol. The number of nitriles is 1. The number of nitrogens with zero attached hydrogens (tertiary/aromatic N) is 5. The summed E-state index contributed by atoms with van der Waals surface area (Å²) in [6.45, 7) is 1.87. The van der Waals surface area contributed by atoms with Crippen LogP contribution in [-0.4, -0.2) is 40.6 Å². The highest BCUT2D eigenvalue weighted by Gasteiger charge is 2.53. The van der Waals surface area contributed by atoms with Crippen molar-refractivity contribution in [3.05, 3.63) is 52.1 Å². The summed E-state index contributed by atoms with van der Waals surface area (Å²) in [6.07, 6.45) is 3.89. The number of hydrogen-bond donors (Lipinski definition) is 1. The molecule has 1 aromatic carbocycles. The van der Waals surface area contributed by atoms with Crippen molar-refractivity contribution in [2.24, 2.45) is 0 Å². The van der Waals surface area contributed by atoms with Crippen LogP contribution >= 0.6 is 11.3 Å². The Labute approximate surface area is 183 Å². The zero-order valence-corrected chi connectivity index (χ0v) is 18.6. The van der Waals surface area contributed by atoms with Crippen LogP contribution in [0.1, 0.15) is 42.1 Å².